The van der Waals surface area contributed by atoms with Crippen LogP contribution in [0.15, 0.2) is 11.4 Å². The summed E-state index contributed by atoms with van der Waals surface area (Å²) in [6.07, 6.45) is 4.13. The number of fused-ring (bicyclic) bond motifs is 5. The van der Waals surface area contributed by atoms with E-state index in [-0.39, 0.29) is 12.5 Å². The van der Waals surface area contributed by atoms with Crippen molar-refractivity contribution in [2.24, 2.45) is 23.7 Å². The highest BCUT2D eigenvalue weighted by molar-refractivity contribution is 7.12. The highest BCUT2D eigenvalue weighted by atomic mass is 32.1. The average molecular weight is 287 g/mol. The number of thiophene rings is 1. The number of hydrogen-bond acceptors (Lipinski definition) is 3. The lowest BCUT2D eigenvalue weighted by molar-refractivity contribution is 0.0948. The van der Waals surface area contributed by atoms with E-state index in [1.54, 1.807) is 0 Å². The smallest absolute Gasteiger partial charge is 0.262 e. The molecule has 3 nitrogen and oxygen atoms in total. The molecular formula is C16H17NO2S. The summed E-state index contributed by atoms with van der Waals surface area (Å²) in [6.45, 7) is -0.174. The molecule has 4 unspecified atom stereocenters. The summed E-state index contributed by atoms with van der Waals surface area (Å²) in [6, 6.07) is 2.26. The first-order valence-electron chi connectivity index (χ1n) is 7.27. The Morgan fingerprint density at radius 1 is 1.40 bits per heavy atom. The topological polar surface area (TPSA) is 49.3 Å². The lowest BCUT2D eigenvalue weighted by Crippen LogP contribution is -2.29. The maximum atomic E-state index is 12.4. The molecule has 4 rings (SSSR count). The zero-order valence-corrected chi connectivity index (χ0v) is 12.0. The minimum absolute atomic E-state index is 0.0149. The van der Waals surface area contributed by atoms with E-state index in [1.165, 1.54) is 30.6 Å². The molecule has 0 aliphatic heterocycles. The number of nitrogens with one attached hydrogen (secondary N) is 1. The molecule has 4 heteroatoms. The molecule has 1 heterocycles. The lowest BCUT2D eigenvalue weighted by atomic mass is 10.0. The van der Waals surface area contributed by atoms with Gasteiger partial charge in [-0.25, -0.2) is 0 Å². The third-order valence-electron chi connectivity index (χ3n) is 5.21. The van der Waals surface area contributed by atoms with E-state index in [2.05, 4.69) is 17.2 Å². The Balaban J connectivity index is 1.46. The highest BCUT2D eigenvalue weighted by Crippen LogP contribution is 2.65. The monoisotopic (exact) mass is 287 g/mol. The summed E-state index contributed by atoms with van der Waals surface area (Å²) in [5, 5.41) is 13.9. The van der Waals surface area contributed by atoms with Crippen molar-refractivity contribution in [3.05, 3.63) is 21.9 Å². The van der Waals surface area contributed by atoms with E-state index < -0.39 is 0 Å². The van der Waals surface area contributed by atoms with Crippen LogP contribution in [-0.4, -0.2) is 23.7 Å². The average Bonchev–Trinajstić information content (AvgIpc) is 2.90. The molecule has 0 aromatic carbocycles. The van der Waals surface area contributed by atoms with Gasteiger partial charge in [-0.2, -0.15) is 0 Å². The van der Waals surface area contributed by atoms with E-state index in [0.29, 0.717) is 10.9 Å². The van der Waals surface area contributed by atoms with Crippen molar-refractivity contribution >= 4 is 17.2 Å². The van der Waals surface area contributed by atoms with Gasteiger partial charge >= 0.3 is 0 Å². The Labute approximate surface area is 122 Å². The van der Waals surface area contributed by atoms with Crippen molar-refractivity contribution in [2.45, 2.75) is 25.3 Å². The molecule has 1 aromatic rings. The molecule has 1 amide bonds. The van der Waals surface area contributed by atoms with Crippen LogP contribution in [0.25, 0.3) is 0 Å². The van der Waals surface area contributed by atoms with E-state index in [4.69, 9.17) is 5.11 Å². The van der Waals surface area contributed by atoms with Gasteiger partial charge in [0.2, 0.25) is 0 Å². The number of rotatable bonds is 2. The third-order valence-corrected chi connectivity index (χ3v) is 6.12. The van der Waals surface area contributed by atoms with Gasteiger partial charge in [-0.05, 0) is 54.4 Å². The van der Waals surface area contributed by atoms with Crippen LogP contribution >= 0.6 is 11.3 Å². The maximum Gasteiger partial charge on any atom is 0.262 e. The van der Waals surface area contributed by atoms with Gasteiger partial charge in [-0.1, -0.05) is 11.8 Å². The second kappa shape index (κ2) is 4.61. The largest absolute Gasteiger partial charge is 0.384 e. The first-order chi connectivity index (χ1) is 9.79. The number of aliphatic hydroxyl groups excluding tert-OH is 1. The molecule has 3 aliphatic carbocycles. The minimum Gasteiger partial charge on any atom is -0.384 e. The molecule has 0 spiro atoms. The van der Waals surface area contributed by atoms with Crippen LogP contribution in [0.5, 0.6) is 0 Å². The molecule has 20 heavy (non-hydrogen) atoms. The normalized spacial score (nSPS) is 36.1. The second-order valence-electron chi connectivity index (χ2n) is 6.11. The molecule has 2 bridgehead atoms. The van der Waals surface area contributed by atoms with Gasteiger partial charge in [0.15, 0.2) is 0 Å². The summed E-state index contributed by atoms with van der Waals surface area (Å²) in [5.74, 6) is 8.72. The van der Waals surface area contributed by atoms with Gasteiger partial charge in [-0.15, -0.1) is 11.3 Å². The Kier molecular flexibility index (Phi) is 2.87. The van der Waals surface area contributed by atoms with Crippen molar-refractivity contribution in [2.75, 3.05) is 6.61 Å². The quantitative estimate of drug-likeness (QED) is 0.816. The number of hydrogen-bond donors (Lipinski definition) is 2. The van der Waals surface area contributed by atoms with E-state index >= 15 is 0 Å². The zero-order chi connectivity index (χ0) is 13.7. The van der Waals surface area contributed by atoms with Crippen molar-refractivity contribution in [1.82, 2.24) is 5.32 Å². The van der Waals surface area contributed by atoms with Crippen LogP contribution < -0.4 is 5.32 Å². The summed E-state index contributed by atoms with van der Waals surface area (Å²) in [7, 11) is 0. The predicted molar refractivity (Wildman–Crippen MR) is 77.3 cm³/mol. The Morgan fingerprint density at radius 2 is 2.15 bits per heavy atom. The van der Waals surface area contributed by atoms with E-state index in [9.17, 15) is 4.79 Å². The van der Waals surface area contributed by atoms with Crippen molar-refractivity contribution in [1.29, 1.82) is 0 Å². The Bertz CT molecular complexity index is 595. The summed E-state index contributed by atoms with van der Waals surface area (Å²) < 4.78 is 0. The van der Waals surface area contributed by atoms with Gasteiger partial charge in [0, 0.05) is 11.6 Å². The fraction of sp³-hybridized carbons (Fsp3) is 0.562. The van der Waals surface area contributed by atoms with Crippen LogP contribution in [-0.2, 0) is 0 Å². The molecule has 2 N–H and O–H groups in total. The number of carbonyl (C=O) groups is 1. The summed E-state index contributed by atoms with van der Waals surface area (Å²) in [4.78, 5) is 13.1. The molecule has 3 fully saturated rings. The highest BCUT2D eigenvalue weighted by Gasteiger charge is 2.65. The summed E-state index contributed by atoms with van der Waals surface area (Å²) in [5.41, 5.74) is 0.732. The first-order valence-corrected chi connectivity index (χ1v) is 8.15. The van der Waals surface area contributed by atoms with Gasteiger partial charge in [0.25, 0.3) is 5.91 Å². The molecule has 0 radical (unpaired) electrons. The number of carbonyl (C=O) groups excluding carboxylic acids is 1. The zero-order valence-electron chi connectivity index (χ0n) is 11.1. The van der Waals surface area contributed by atoms with Crippen LogP contribution in [0.2, 0.25) is 0 Å². The predicted octanol–water partition coefficient (Wildman–Crippen LogP) is 1.87. The lowest BCUT2D eigenvalue weighted by Gasteiger charge is -2.10. The summed E-state index contributed by atoms with van der Waals surface area (Å²) >= 11 is 1.43. The van der Waals surface area contributed by atoms with Crippen LogP contribution in [0.4, 0.5) is 0 Å². The fourth-order valence-corrected chi connectivity index (χ4v) is 5.21. The van der Waals surface area contributed by atoms with E-state index in [1.807, 2.05) is 11.4 Å². The SMILES string of the molecule is O=C(NC1C2C3CCC(C3)C12)c1sccc1C#CCO. The maximum absolute atomic E-state index is 12.4. The van der Waals surface area contributed by atoms with Gasteiger partial charge in [0.1, 0.15) is 11.5 Å². The molecule has 0 saturated heterocycles. The third kappa shape index (κ3) is 1.81. The Morgan fingerprint density at radius 3 is 2.85 bits per heavy atom. The minimum atomic E-state index is -0.174. The fourth-order valence-electron chi connectivity index (χ4n) is 4.45. The number of aliphatic hydroxyl groups is 1. The van der Waals surface area contributed by atoms with Gasteiger partial charge < -0.3 is 10.4 Å². The first kappa shape index (κ1) is 12.4. The van der Waals surface area contributed by atoms with Crippen LogP contribution in [0.1, 0.15) is 34.5 Å². The Hall–Kier alpha value is -1.31. The molecule has 3 saturated carbocycles. The van der Waals surface area contributed by atoms with Crippen LogP contribution in [0.3, 0.4) is 0 Å². The van der Waals surface area contributed by atoms with E-state index in [0.717, 1.165) is 29.2 Å². The van der Waals surface area contributed by atoms with Gasteiger partial charge in [0.05, 0.1) is 0 Å². The van der Waals surface area contributed by atoms with Crippen molar-refractivity contribution in [3.8, 4) is 11.8 Å². The number of amides is 1. The standard InChI is InChI=1S/C16H17NO2S/c18-6-1-2-9-5-7-20-15(9)16(19)17-14-12-10-3-4-11(8-10)13(12)14/h5,7,10-14,18H,3-4,6,8H2,(H,17,19). The van der Waals surface area contributed by atoms with Crippen molar-refractivity contribution in [3.63, 3.8) is 0 Å². The molecule has 1 aromatic heterocycles. The molecule has 4 atom stereocenters. The van der Waals surface area contributed by atoms with Gasteiger partial charge in [-0.3, -0.25) is 4.79 Å². The molecular weight excluding hydrogens is 270 g/mol. The molecule has 3 aliphatic rings. The van der Waals surface area contributed by atoms with Crippen molar-refractivity contribution < 1.29 is 9.90 Å². The molecule has 104 valence electrons. The van der Waals surface area contributed by atoms with Crippen LogP contribution in [0, 0.1) is 35.5 Å². The second-order valence-corrected chi connectivity index (χ2v) is 7.03.